The molecule has 4 aromatic rings. The Balaban J connectivity index is 1.66. The molecule has 0 amide bonds. The first-order valence-electron chi connectivity index (χ1n) is 7.71. The highest BCUT2D eigenvalue weighted by Gasteiger charge is 2.28. The average molecular weight is 314 g/mol. The van der Waals surface area contributed by atoms with E-state index in [4.69, 9.17) is 0 Å². The molecule has 1 aliphatic rings. The van der Waals surface area contributed by atoms with Crippen molar-refractivity contribution in [3.8, 4) is 11.1 Å². The van der Waals surface area contributed by atoms with E-state index in [1.807, 2.05) is 0 Å². The summed E-state index contributed by atoms with van der Waals surface area (Å²) >= 11 is 1.55. The van der Waals surface area contributed by atoms with E-state index in [1.54, 1.807) is 11.5 Å². The number of nitrogens with zero attached hydrogens (tertiary/aromatic N) is 1. The quantitative estimate of drug-likeness (QED) is 0.530. The number of anilines is 1. The molecular weight excluding hydrogens is 300 g/mol. The Morgan fingerprint density at radius 3 is 2.09 bits per heavy atom. The third-order valence-corrected chi connectivity index (χ3v) is 5.32. The summed E-state index contributed by atoms with van der Waals surface area (Å²) in [4.78, 5) is 0. The number of rotatable bonds is 2. The summed E-state index contributed by atoms with van der Waals surface area (Å²) in [5, 5.41) is 4.87. The lowest BCUT2D eigenvalue weighted by Gasteiger charge is -2.15. The van der Waals surface area contributed by atoms with E-state index in [1.165, 1.54) is 32.3 Å². The van der Waals surface area contributed by atoms with Gasteiger partial charge in [-0.05, 0) is 45.9 Å². The highest BCUT2D eigenvalue weighted by Crippen LogP contribution is 2.45. The summed E-state index contributed by atoms with van der Waals surface area (Å²) in [6.07, 6.45) is 0. The Morgan fingerprint density at radius 1 is 0.739 bits per heavy atom. The molecule has 110 valence electrons. The fourth-order valence-electron chi connectivity index (χ4n) is 3.44. The molecule has 0 spiro atoms. The summed E-state index contributed by atoms with van der Waals surface area (Å²) in [5.41, 5.74) is 5.29. The van der Waals surface area contributed by atoms with Gasteiger partial charge >= 0.3 is 0 Å². The highest BCUT2D eigenvalue weighted by molar-refractivity contribution is 7.13. The SMILES string of the molecule is c1ccc2c(c1)-c1ccccc1C2Nc1nsc2ccccc12. The first-order chi connectivity index (χ1) is 11.4. The largest absolute Gasteiger partial charge is 0.358 e. The van der Waals surface area contributed by atoms with Gasteiger partial charge in [0.15, 0.2) is 0 Å². The smallest absolute Gasteiger partial charge is 0.148 e. The van der Waals surface area contributed by atoms with Crippen LogP contribution in [0.25, 0.3) is 21.2 Å². The molecule has 1 aromatic heterocycles. The molecule has 5 rings (SSSR count). The van der Waals surface area contributed by atoms with Crippen LogP contribution in [0.3, 0.4) is 0 Å². The third kappa shape index (κ3) is 1.90. The predicted octanol–water partition coefficient (Wildman–Crippen LogP) is 5.48. The molecule has 1 N–H and O–H groups in total. The van der Waals surface area contributed by atoms with Crippen LogP contribution in [-0.2, 0) is 0 Å². The Hall–Kier alpha value is -2.65. The summed E-state index contributed by atoms with van der Waals surface area (Å²) < 4.78 is 5.85. The fourth-order valence-corrected chi connectivity index (χ4v) is 4.18. The minimum absolute atomic E-state index is 0.160. The Labute approximate surface area is 138 Å². The van der Waals surface area contributed by atoms with Crippen LogP contribution in [0.4, 0.5) is 5.82 Å². The normalized spacial score (nSPS) is 13.0. The molecular formula is C20H14N2S. The summed E-state index contributed by atoms with van der Waals surface area (Å²) in [7, 11) is 0. The van der Waals surface area contributed by atoms with Crippen molar-refractivity contribution in [2.75, 3.05) is 5.32 Å². The zero-order valence-electron chi connectivity index (χ0n) is 12.4. The van der Waals surface area contributed by atoms with Gasteiger partial charge in [-0.2, -0.15) is 4.37 Å². The molecule has 2 nitrogen and oxygen atoms in total. The van der Waals surface area contributed by atoms with E-state index in [0.717, 1.165) is 5.82 Å². The van der Waals surface area contributed by atoms with Crippen molar-refractivity contribution in [2.24, 2.45) is 0 Å². The zero-order chi connectivity index (χ0) is 15.2. The topological polar surface area (TPSA) is 24.9 Å². The van der Waals surface area contributed by atoms with Gasteiger partial charge in [-0.25, -0.2) is 0 Å². The van der Waals surface area contributed by atoms with E-state index < -0.39 is 0 Å². The number of hydrogen-bond acceptors (Lipinski definition) is 3. The molecule has 0 aliphatic heterocycles. The molecule has 0 atom stereocenters. The van der Waals surface area contributed by atoms with Gasteiger partial charge in [0.1, 0.15) is 5.82 Å². The van der Waals surface area contributed by atoms with Crippen LogP contribution in [0.1, 0.15) is 17.2 Å². The second-order valence-corrected chi connectivity index (χ2v) is 6.58. The van der Waals surface area contributed by atoms with Crippen LogP contribution < -0.4 is 5.32 Å². The number of fused-ring (bicyclic) bond motifs is 4. The molecule has 0 bridgehead atoms. The highest BCUT2D eigenvalue weighted by atomic mass is 32.1. The van der Waals surface area contributed by atoms with Crippen molar-refractivity contribution >= 4 is 27.4 Å². The number of benzene rings is 3. The number of hydrogen-bond donors (Lipinski definition) is 1. The fraction of sp³-hybridized carbons (Fsp3) is 0.0500. The van der Waals surface area contributed by atoms with Crippen LogP contribution in [0, 0.1) is 0 Å². The lowest BCUT2D eigenvalue weighted by molar-refractivity contribution is 0.968. The van der Waals surface area contributed by atoms with Crippen LogP contribution in [0.5, 0.6) is 0 Å². The van der Waals surface area contributed by atoms with Crippen molar-refractivity contribution in [3.05, 3.63) is 83.9 Å². The van der Waals surface area contributed by atoms with Crippen LogP contribution in [0.15, 0.2) is 72.8 Å². The van der Waals surface area contributed by atoms with Gasteiger partial charge in [0.25, 0.3) is 0 Å². The van der Waals surface area contributed by atoms with Crippen molar-refractivity contribution in [3.63, 3.8) is 0 Å². The molecule has 1 heterocycles. The molecule has 1 aliphatic carbocycles. The maximum atomic E-state index is 4.64. The van der Waals surface area contributed by atoms with E-state index in [2.05, 4.69) is 82.5 Å². The second kappa shape index (κ2) is 4.93. The van der Waals surface area contributed by atoms with Gasteiger partial charge in [-0.15, -0.1) is 0 Å². The van der Waals surface area contributed by atoms with Crippen molar-refractivity contribution in [1.82, 2.24) is 4.37 Å². The Kier molecular flexibility index (Phi) is 2.76. The van der Waals surface area contributed by atoms with Crippen molar-refractivity contribution in [1.29, 1.82) is 0 Å². The van der Waals surface area contributed by atoms with Crippen LogP contribution in [0.2, 0.25) is 0 Å². The first-order valence-corrected chi connectivity index (χ1v) is 8.48. The average Bonchev–Trinajstić information content (AvgIpc) is 3.16. The standard InChI is InChI=1S/C20H14N2S/c1-3-9-15-13(7-1)14-8-2-4-10-16(14)19(15)21-20-17-11-5-6-12-18(17)23-22-20/h1-12,19H,(H,21,22). The van der Waals surface area contributed by atoms with Gasteiger partial charge in [0, 0.05) is 5.39 Å². The van der Waals surface area contributed by atoms with Crippen LogP contribution in [-0.4, -0.2) is 4.37 Å². The van der Waals surface area contributed by atoms with E-state index in [9.17, 15) is 0 Å². The minimum Gasteiger partial charge on any atom is -0.358 e. The zero-order valence-corrected chi connectivity index (χ0v) is 13.2. The molecule has 3 aromatic carbocycles. The molecule has 0 fully saturated rings. The molecule has 0 unspecified atom stereocenters. The molecule has 23 heavy (non-hydrogen) atoms. The molecule has 3 heteroatoms. The van der Waals surface area contributed by atoms with Crippen molar-refractivity contribution < 1.29 is 0 Å². The third-order valence-electron chi connectivity index (χ3n) is 4.49. The summed E-state index contributed by atoms with van der Waals surface area (Å²) in [6, 6.07) is 25.8. The Bertz CT molecular complexity index is 973. The lowest BCUT2D eigenvalue weighted by atomic mass is 10.1. The van der Waals surface area contributed by atoms with E-state index in [-0.39, 0.29) is 6.04 Å². The monoisotopic (exact) mass is 314 g/mol. The maximum absolute atomic E-state index is 4.64. The minimum atomic E-state index is 0.160. The van der Waals surface area contributed by atoms with Crippen LogP contribution >= 0.6 is 11.5 Å². The second-order valence-electron chi connectivity index (χ2n) is 5.78. The maximum Gasteiger partial charge on any atom is 0.148 e. The number of nitrogens with one attached hydrogen (secondary N) is 1. The van der Waals surface area contributed by atoms with Crippen molar-refractivity contribution in [2.45, 2.75) is 6.04 Å². The molecule has 0 saturated carbocycles. The van der Waals surface area contributed by atoms with Gasteiger partial charge in [-0.3, -0.25) is 0 Å². The van der Waals surface area contributed by atoms with Gasteiger partial charge in [0.2, 0.25) is 0 Å². The van der Waals surface area contributed by atoms with E-state index in [0.29, 0.717) is 0 Å². The molecule has 0 radical (unpaired) electrons. The summed E-state index contributed by atoms with van der Waals surface area (Å²) in [6.45, 7) is 0. The summed E-state index contributed by atoms with van der Waals surface area (Å²) in [5.74, 6) is 0.974. The number of aromatic nitrogens is 1. The first kappa shape index (κ1) is 12.9. The van der Waals surface area contributed by atoms with Gasteiger partial charge in [-0.1, -0.05) is 60.7 Å². The lowest BCUT2D eigenvalue weighted by Crippen LogP contribution is -2.09. The predicted molar refractivity (Wildman–Crippen MR) is 97.0 cm³/mol. The Morgan fingerprint density at radius 2 is 1.35 bits per heavy atom. The van der Waals surface area contributed by atoms with Gasteiger partial charge in [0.05, 0.1) is 10.7 Å². The van der Waals surface area contributed by atoms with E-state index >= 15 is 0 Å². The van der Waals surface area contributed by atoms with Gasteiger partial charge < -0.3 is 5.32 Å². The molecule has 0 saturated heterocycles.